The van der Waals surface area contributed by atoms with Gasteiger partial charge in [-0.2, -0.15) is 0 Å². The lowest BCUT2D eigenvalue weighted by molar-refractivity contribution is -0.130. The van der Waals surface area contributed by atoms with Crippen LogP contribution in [0.4, 0.5) is 5.69 Å². The number of hydrogen-bond acceptors (Lipinski definition) is 5. The fourth-order valence-corrected chi connectivity index (χ4v) is 3.21. The number of amides is 2. The van der Waals surface area contributed by atoms with Gasteiger partial charge in [-0.1, -0.05) is 31.5 Å². The molecule has 7 heteroatoms. The molecule has 1 atom stereocenters. The Morgan fingerprint density at radius 1 is 1.27 bits per heavy atom. The molecule has 0 spiro atoms. The second-order valence-corrected chi connectivity index (χ2v) is 6.70. The topological polar surface area (TPSA) is 65.0 Å². The molecule has 0 aromatic heterocycles. The summed E-state index contributed by atoms with van der Waals surface area (Å²) >= 11 is 5.23. The number of thiocarbonyl (C=S) groups is 1. The Morgan fingerprint density at radius 3 is 2.58 bits per heavy atom. The lowest BCUT2D eigenvalue weighted by Gasteiger charge is -2.32. The van der Waals surface area contributed by atoms with Gasteiger partial charge in [-0.05, 0) is 50.8 Å². The van der Waals surface area contributed by atoms with E-state index >= 15 is 0 Å². The van der Waals surface area contributed by atoms with Crippen molar-refractivity contribution >= 4 is 41.0 Å². The summed E-state index contributed by atoms with van der Waals surface area (Å²) in [6.45, 7) is 11.3. The molecule has 1 unspecified atom stereocenters. The van der Waals surface area contributed by atoms with Gasteiger partial charge in [0.2, 0.25) is 5.91 Å². The average molecular weight is 375 g/mol. The monoisotopic (exact) mass is 374 g/mol. The van der Waals surface area contributed by atoms with Crippen LogP contribution in [0, 0.1) is 19.8 Å². The zero-order valence-corrected chi connectivity index (χ0v) is 16.6. The second kappa shape index (κ2) is 9.00. The van der Waals surface area contributed by atoms with Crippen molar-refractivity contribution in [3.05, 3.63) is 29.3 Å². The largest absolute Gasteiger partial charge is 0.302 e. The number of nitrogens with one attached hydrogen (secondary N) is 1. The second-order valence-electron chi connectivity index (χ2n) is 6.32. The van der Waals surface area contributed by atoms with E-state index in [0.717, 1.165) is 30.8 Å². The molecule has 1 fully saturated rings. The highest BCUT2D eigenvalue weighted by Crippen LogP contribution is 2.25. The van der Waals surface area contributed by atoms with E-state index in [1.165, 1.54) is 11.1 Å². The van der Waals surface area contributed by atoms with Crippen LogP contribution in [0.1, 0.15) is 25.0 Å². The van der Waals surface area contributed by atoms with Crippen LogP contribution in [0.15, 0.2) is 23.2 Å². The first-order valence-corrected chi connectivity index (χ1v) is 9.28. The van der Waals surface area contributed by atoms with Gasteiger partial charge < -0.3 is 10.2 Å². The molecule has 1 heterocycles. The number of carbonyl (C=O) groups is 2. The molecule has 0 aliphatic carbocycles. The Kier molecular flexibility index (Phi) is 6.99. The van der Waals surface area contributed by atoms with Crippen LogP contribution in [0.3, 0.4) is 0 Å². The maximum Gasteiger partial charge on any atom is 0.251 e. The zero-order chi connectivity index (χ0) is 19.3. The van der Waals surface area contributed by atoms with Gasteiger partial charge in [-0.15, -0.1) is 0 Å². The minimum Gasteiger partial charge on any atom is -0.302 e. The standard InChI is InChI=1S/C19H26N4O2S/c1-5-22(6-2)10-9-20-12-15-17(24)21-19(26)23(18(15)25)16-8-7-13(3)11-14(16)4/h7-8,11-12,15H,5-6,9-10H2,1-4H3,(H,21,24,26). The van der Waals surface area contributed by atoms with Crippen molar-refractivity contribution in [3.8, 4) is 0 Å². The molecule has 1 aliphatic heterocycles. The number of aliphatic imine (C=N–C) groups is 1. The van der Waals surface area contributed by atoms with Crippen molar-refractivity contribution in [2.45, 2.75) is 27.7 Å². The van der Waals surface area contributed by atoms with Gasteiger partial charge in [0.15, 0.2) is 11.0 Å². The summed E-state index contributed by atoms with van der Waals surface area (Å²) in [4.78, 5) is 33.1. The van der Waals surface area contributed by atoms with Crippen LogP contribution in [0.2, 0.25) is 0 Å². The minimum atomic E-state index is -0.959. The number of rotatable bonds is 7. The summed E-state index contributed by atoms with van der Waals surface area (Å²) in [5.74, 6) is -1.75. The molecule has 0 bridgehead atoms. The molecular weight excluding hydrogens is 348 g/mol. The summed E-state index contributed by atoms with van der Waals surface area (Å²) in [6.07, 6.45) is 1.44. The van der Waals surface area contributed by atoms with Crippen molar-refractivity contribution in [2.75, 3.05) is 31.1 Å². The molecule has 0 radical (unpaired) electrons. The van der Waals surface area contributed by atoms with Crippen LogP contribution in [-0.4, -0.2) is 54.2 Å². The molecule has 0 saturated carbocycles. The van der Waals surface area contributed by atoms with E-state index in [2.05, 4.69) is 29.1 Å². The third-order valence-corrected chi connectivity index (χ3v) is 4.77. The van der Waals surface area contributed by atoms with Crippen LogP contribution in [-0.2, 0) is 9.59 Å². The molecule has 2 rings (SSSR count). The maximum atomic E-state index is 12.9. The highest BCUT2D eigenvalue weighted by molar-refractivity contribution is 7.80. The third-order valence-electron chi connectivity index (χ3n) is 4.49. The number of likely N-dealkylation sites (N-methyl/N-ethyl adjacent to an activating group) is 1. The Morgan fingerprint density at radius 2 is 1.96 bits per heavy atom. The molecule has 1 aromatic carbocycles. The van der Waals surface area contributed by atoms with Crippen molar-refractivity contribution in [2.24, 2.45) is 10.9 Å². The SMILES string of the molecule is CCN(CC)CCN=CC1C(=O)NC(=S)N(c2ccc(C)cc2C)C1=O. The summed E-state index contributed by atoms with van der Waals surface area (Å²) in [5.41, 5.74) is 2.71. The predicted molar refractivity (Wildman–Crippen MR) is 109 cm³/mol. The van der Waals surface area contributed by atoms with Crippen molar-refractivity contribution in [3.63, 3.8) is 0 Å². The molecule has 1 aliphatic rings. The van der Waals surface area contributed by atoms with E-state index in [0.29, 0.717) is 12.2 Å². The van der Waals surface area contributed by atoms with E-state index in [1.54, 1.807) is 0 Å². The number of aryl methyl sites for hydroxylation is 2. The van der Waals surface area contributed by atoms with Crippen LogP contribution in [0.25, 0.3) is 0 Å². The fraction of sp³-hybridized carbons (Fsp3) is 0.474. The van der Waals surface area contributed by atoms with Crippen LogP contribution in [0.5, 0.6) is 0 Å². The van der Waals surface area contributed by atoms with Gasteiger partial charge in [0.25, 0.3) is 5.91 Å². The lowest BCUT2D eigenvalue weighted by Crippen LogP contribution is -2.58. The van der Waals surface area contributed by atoms with Gasteiger partial charge in [-0.25, -0.2) is 0 Å². The first kappa shape index (κ1) is 20.2. The predicted octanol–water partition coefficient (Wildman–Crippen LogP) is 2.08. The number of carbonyl (C=O) groups excluding carboxylic acids is 2. The zero-order valence-electron chi connectivity index (χ0n) is 15.8. The summed E-state index contributed by atoms with van der Waals surface area (Å²) in [7, 11) is 0. The first-order valence-electron chi connectivity index (χ1n) is 8.87. The van der Waals surface area contributed by atoms with E-state index in [4.69, 9.17) is 12.2 Å². The number of nitrogens with zero attached hydrogens (tertiary/aromatic N) is 3. The summed E-state index contributed by atoms with van der Waals surface area (Å²) in [5, 5.41) is 2.73. The van der Waals surface area contributed by atoms with E-state index < -0.39 is 11.8 Å². The summed E-state index contributed by atoms with van der Waals surface area (Å²) in [6, 6.07) is 5.75. The molecule has 1 saturated heterocycles. The van der Waals surface area contributed by atoms with Gasteiger partial charge >= 0.3 is 0 Å². The van der Waals surface area contributed by atoms with Crippen molar-refractivity contribution < 1.29 is 9.59 Å². The normalized spacial score (nSPS) is 18.1. The molecular formula is C19H26N4O2S. The molecule has 2 amide bonds. The highest BCUT2D eigenvalue weighted by atomic mass is 32.1. The third kappa shape index (κ3) is 4.53. The molecule has 1 N–H and O–H groups in total. The Bertz CT molecular complexity index is 728. The Labute approximate surface area is 160 Å². The van der Waals surface area contributed by atoms with Gasteiger partial charge in [0, 0.05) is 12.8 Å². The van der Waals surface area contributed by atoms with E-state index in [1.807, 2.05) is 32.0 Å². The summed E-state index contributed by atoms with van der Waals surface area (Å²) < 4.78 is 0. The number of benzene rings is 1. The lowest BCUT2D eigenvalue weighted by atomic mass is 10.0. The Hall–Kier alpha value is -2.12. The smallest absolute Gasteiger partial charge is 0.251 e. The van der Waals surface area contributed by atoms with Gasteiger partial charge in [0.05, 0.1) is 12.2 Å². The Balaban J connectivity index is 2.16. The van der Waals surface area contributed by atoms with E-state index in [-0.39, 0.29) is 11.0 Å². The van der Waals surface area contributed by atoms with Gasteiger partial charge in [-0.3, -0.25) is 19.5 Å². The highest BCUT2D eigenvalue weighted by Gasteiger charge is 2.38. The molecule has 6 nitrogen and oxygen atoms in total. The molecule has 140 valence electrons. The number of anilines is 1. The van der Waals surface area contributed by atoms with E-state index in [9.17, 15) is 9.59 Å². The molecule has 26 heavy (non-hydrogen) atoms. The molecule has 1 aromatic rings. The average Bonchev–Trinajstić information content (AvgIpc) is 2.59. The van der Waals surface area contributed by atoms with Crippen LogP contribution >= 0.6 is 12.2 Å². The van der Waals surface area contributed by atoms with Crippen molar-refractivity contribution in [1.29, 1.82) is 0 Å². The van der Waals surface area contributed by atoms with Crippen LogP contribution < -0.4 is 10.2 Å². The quantitative estimate of drug-likeness (QED) is 0.451. The minimum absolute atomic E-state index is 0.111. The first-order chi connectivity index (χ1) is 12.4. The maximum absolute atomic E-state index is 12.9. The van der Waals surface area contributed by atoms with Crippen molar-refractivity contribution in [1.82, 2.24) is 10.2 Å². The van der Waals surface area contributed by atoms with Gasteiger partial charge in [0.1, 0.15) is 0 Å². The fourth-order valence-electron chi connectivity index (χ4n) is 2.93. The number of hydrogen-bond donors (Lipinski definition) is 1.